The summed E-state index contributed by atoms with van der Waals surface area (Å²) in [6, 6.07) is 2.93. The summed E-state index contributed by atoms with van der Waals surface area (Å²) in [5.74, 6) is -1.92. The standard InChI is InChI=1S/C25H28F2N4O5S2/c1-5-34-21(32)25(26,27)35-17-9-8-16(20-28-10-11-37-20)18-19(17)38-22(29-18)30-12-14-6-7-15(13-30)31(14)23(33)36-24(2,3)4/h8-11,14-15H,5-7,12-13H2,1-4H3. The minimum Gasteiger partial charge on any atom is -0.459 e. The highest BCUT2D eigenvalue weighted by Crippen LogP contribution is 2.44. The van der Waals surface area contributed by atoms with Gasteiger partial charge in [-0.15, -0.1) is 11.3 Å². The molecule has 13 heteroatoms. The van der Waals surface area contributed by atoms with Gasteiger partial charge >= 0.3 is 18.2 Å². The van der Waals surface area contributed by atoms with Crippen LogP contribution in [0.3, 0.4) is 0 Å². The number of hydrogen-bond acceptors (Lipinski definition) is 10. The Kier molecular flexibility index (Phi) is 6.93. The molecule has 38 heavy (non-hydrogen) atoms. The zero-order valence-electron chi connectivity index (χ0n) is 21.4. The zero-order chi connectivity index (χ0) is 27.2. The van der Waals surface area contributed by atoms with Crippen LogP contribution >= 0.6 is 22.7 Å². The van der Waals surface area contributed by atoms with Crippen molar-refractivity contribution >= 4 is 50.1 Å². The van der Waals surface area contributed by atoms with E-state index in [0.717, 1.165) is 12.8 Å². The van der Waals surface area contributed by atoms with Crippen LogP contribution < -0.4 is 9.64 Å². The van der Waals surface area contributed by atoms with Crippen molar-refractivity contribution < 1.29 is 32.6 Å². The molecule has 0 spiro atoms. The van der Waals surface area contributed by atoms with E-state index < -0.39 is 17.7 Å². The monoisotopic (exact) mass is 566 g/mol. The number of anilines is 1. The predicted octanol–water partition coefficient (Wildman–Crippen LogP) is 5.54. The number of fused-ring (bicyclic) bond motifs is 3. The number of esters is 1. The number of thiazole rings is 2. The van der Waals surface area contributed by atoms with Gasteiger partial charge in [0.2, 0.25) is 0 Å². The smallest absolute Gasteiger partial charge is 0.459 e. The number of aromatic nitrogens is 2. The van der Waals surface area contributed by atoms with Crippen molar-refractivity contribution in [1.82, 2.24) is 14.9 Å². The molecule has 2 unspecified atom stereocenters. The first-order valence-corrected chi connectivity index (χ1v) is 14.0. The van der Waals surface area contributed by atoms with Crippen molar-refractivity contribution in [2.24, 2.45) is 0 Å². The molecule has 2 bridgehead atoms. The predicted molar refractivity (Wildman–Crippen MR) is 140 cm³/mol. The van der Waals surface area contributed by atoms with Crippen LogP contribution in [-0.2, 0) is 14.3 Å². The number of rotatable bonds is 6. The van der Waals surface area contributed by atoms with Gasteiger partial charge in [0, 0.05) is 30.2 Å². The third-order valence-corrected chi connectivity index (χ3v) is 8.20. The van der Waals surface area contributed by atoms with Crippen LogP contribution in [0, 0.1) is 0 Å². The van der Waals surface area contributed by atoms with E-state index in [1.807, 2.05) is 31.1 Å². The van der Waals surface area contributed by atoms with Crippen LogP contribution in [0.4, 0.5) is 18.7 Å². The molecule has 5 rings (SSSR count). The van der Waals surface area contributed by atoms with Crippen molar-refractivity contribution in [2.45, 2.75) is 64.3 Å². The van der Waals surface area contributed by atoms with Gasteiger partial charge in [-0.3, -0.25) is 4.90 Å². The molecule has 0 radical (unpaired) electrons. The number of amides is 1. The Morgan fingerprint density at radius 1 is 1.16 bits per heavy atom. The van der Waals surface area contributed by atoms with Gasteiger partial charge in [0.15, 0.2) is 5.13 Å². The lowest BCUT2D eigenvalue weighted by Crippen LogP contribution is -2.56. The van der Waals surface area contributed by atoms with E-state index in [2.05, 4.69) is 14.6 Å². The molecule has 2 aliphatic rings. The van der Waals surface area contributed by atoms with Crippen molar-refractivity contribution in [3.05, 3.63) is 23.7 Å². The van der Waals surface area contributed by atoms with Crippen LogP contribution in [0.2, 0.25) is 0 Å². The highest BCUT2D eigenvalue weighted by Gasteiger charge is 2.46. The highest BCUT2D eigenvalue weighted by molar-refractivity contribution is 7.22. The summed E-state index contributed by atoms with van der Waals surface area (Å²) in [5, 5.41) is 3.13. The van der Waals surface area contributed by atoms with Crippen molar-refractivity contribution in [3.8, 4) is 16.3 Å². The van der Waals surface area contributed by atoms with E-state index >= 15 is 0 Å². The van der Waals surface area contributed by atoms with E-state index in [1.165, 1.54) is 35.7 Å². The molecule has 1 aromatic carbocycles. The molecule has 2 atom stereocenters. The molecule has 4 heterocycles. The van der Waals surface area contributed by atoms with E-state index in [1.54, 1.807) is 12.3 Å². The molecule has 2 saturated heterocycles. The Hall–Kier alpha value is -3.06. The number of nitrogens with zero attached hydrogens (tertiary/aromatic N) is 4. The number of alkyl halides is 2. The molecule has 0 N–H and O–H groups in total. The quantitative estimate of drug-likeness (QED) is 0.359. The Morgan fingerprint density at radius 3 is 2.47 bits per heavy atom. The Labute approximate surface area is 226 Å². The lowest BCUT2D eigenvalue weighted by molar-refractivity contribution is -0.216. The molecule has 0 aliphatic carbocycles. The Balaban J connectivity index is 1.47. The molecule has 204 valence electrons. The fourth-order valence-electron chi connectivity index (χ4n) is 4.78. The van der Waals surface area contributed by atoms with Crippen molar-refractivity contribution in [2.75, 3.05) is 24.6 Å². The summed E-state index contributed by atoms with van der Waals surface area (Å²) in [6.07, 6.45) is -1.14. The number of carbonyl (C=O) groups is 2. The Morgan fingerprint density at radius 2 is 1.87 bits per heavy atom. The van der Waals surface area contributed by atoms with Gasteiger partial charge < -0.3 is 19.1 Å². The minimum absolute atomic E-state index is 0.0436. The number of ether oxygens (including phenoxy) is 3. The summed E-state index contributed by atoms with van der Waals surface area (Å²) >= 11 is 2.61. The first-order valence-electron chi connectivity index (χ1n) is 12.3. The Bertz CT molecular complexity index is 1330. The summed E-state index contributed by atoms with van der Waals surface area (Å²) < 4.78 is 44.4. The number of halogens is 2. The molecular weight excluding hydrogens is 538 g/mol. The second kappa shape index (κ2) is 9.92. The molecule has 9 nitrogen and oxygen atoms in total. The number of piperazine rings is 1. The maximum Gasteiger partial charge on any atom is 0.502 e. The summed E-state index contributed by atoms with van der Waals surface area (Å²) in [6.45, 7) is 7.85. The van der Waals surface area contributed by atoms with Gasteiger partial charge in [0.25, 0.3) is 0 Å². The number of carbonyl (C=O) groups excluding carboxylic acids is 2. The van der Waals surface area contributed by atoms with Crippen LogP contribution in [0.15, 0.2) is 23.7 Å². The fourth-order valence-corrected chi connectivity index (χ4v) is 6.51. The van der Waals surface area contributed by atoms with Crippen molar-refractivity contribution in [3.63, 3.8) is 0 Å². The molecule has 0 saturated carbocycles. The second-order valence-electron chi connectivity index (χ2n) is 10.1. The van der Waals surface area contributed by atoms with Gasteiger partial charge in [0.05, 0.1) is 28.9 Å². The molecular formula is C25H28F2N4O5S2. The fraction of sp³-hybridized carbons (Fsp3) is 0.520. The largest absolute Gasteiger partial charge is 0.502 e. The average Bonchev–Trinajstić information content (AvgIpc) is 3.57. The van der Waals surface area contributed by atoms with E-state index in [4.69, 9.17) is 14.5 Å². The number of benzene rings is 1. The highest BCUT2D eigenvalue weighted by atomic mass is 32.1. The lowest BCUT2D eigenvalue weighted by Gasteiger charge is -2.41. The zero-order valence-corrected chi connectivity index (χ0v) is 23.0. The minimum atomic E-state index is -4.16. The third-order valence-electron chi connectivity index (χ3n) is 6.27. The van der Waals surface area contributed by atoms with Gasteiger partial charge in [-0.25, -0.2) is 19.6 Å². The SMILES string of the molecule is CCOC(=O)C(F)(F)Oc1ccc(-c2nccs2)c2nc(N3CC4CCC(C3)N4C(=O)OC(C)(C)C)sc12. The molecule has 1 amide bonds. The van der Waals surface area contributed by atoms with E-state index in [0.29, 0.717) is 39.0 Å². The third kappa shape index (κ3) is 5.13. The van der Waals surface area contributed by atoms with Gasteiger partial charge in [-0.05, 0) is 52.7 Å². The van der Waals surface area contributed by atoms with Crippen molar-refractivity contribution in [1.29, 1.82) is 0 Å². The van der Waals surface area contributed by atoms with Crippen LogP contribution in [0.25, 0.3) is 20.8 Å². The summed E-state index contributed by atoms with van der Waals surface area (Å²) in [4.78, 5) is 37.7. The normalized spacial score (nSPS) is 19.6. The maximum absolute atomic E-state index is 14.5. The van der Waals surface area contributed by atoms with Crippen LogP contribution in [0.5, 0.6) is 5.75 Å². The first kappa shape index (κ1) is 26.5. The number of hydrogen-bond donors (Lipinski definition) is 0. The summed E-state index contributed by atoms with van der Waals surface area (Å²) in [7, 11) is 0. The first-order chi connectivity index (χ1) is 18.0. The van der Waals surface area contributed by atoms with Gasteiger partial charge in [-0.2, -0.15) is 8.78 Å². The maximum atomic E-state index is 14.5. The molecule has 2 fully saturated rings. The molecule has 2 aromatic heterocycles. The van der Waals surface area contributed by atoms with Gasteiger partial charge in [0.1, 0.15) is 16.4 Å². The topological polar surface area (TPSA) is 94.1 Å². The van der Waals surface area contributed by atoms with E-state index in [9.17, 15) is 18.4 Å². The average molecular weight is 567 g/mol. The van der Waals surface area contributed by atoms with Gasteiger partial charge in [-0.1, -0.05) is 11.3 Å². The second-order valence-corrected chi connectivity index (χ2v) is 12.0. The van der Waals surface area contributed by atoms with E-state index in [-0.39, 0.29) is 30.5 Å². The summed E-state index contributed by atoms with van der Waals surface area (Å²) in [5.41, 5.74) is 0.549. The molecule has 3 aromatic rings. The van der Waals surface area contributed by atoms with Crippen LogP contribution in [-0.4, -0.2) is 70.4 Å². The van der Waals surface area contributed by atoms with Crippen LogP contribution in [0.1, 0.15) is 40.5 Å². The molecule has 2 aliphatic heterocycles. The lowest BCUT2D eigenvalue weighted by atomic mass is 10.2.